The van der Waals surface area contributed by atoms with Crippen LogP contribution in [-0.4, -0.2) is 18.7 Å². The molecule has 3 atom stereocenters. The zero-order chi connectivity index (χ0) is 14.8. The number of rotatable bonds is 6. The van der Waals surface area contributed by atoms with Crippen LogP contribution < -0.4 is 10.1 Å². The van der Waals surface area contributed by atoms with Crippen LogP contribution >= 0.6 is 11.6 Å². The van der Waals surface area contributed by atoms with Gasteiger partial charge in [0, 0.05) is 17.9 Å². The lowest BCUT2D eigenvalue weighted by molar-refractivity contribution is -0.0700. The van der Waals surface area contributed by atoms with E-state index in [1.807, 2.05) is 19.1 Å². The zero-order valence-corrected chi connectivity index (χ0v) is 13.8. The molecule has 1 aromatic rings. The summed E-state index contributed by atoms with van der Waals surface area (Å²) in [6, 6.07) is 6.56. The van der Waals surface area contributed by atoms with Crippen LogP contribution in [-0.2, 0) is 0 Å². The highest BCUT2D eigenvalue weighted by molar-refractivity contribution is 6.32. The van der Waals surface area contributed by atoms with Crippen molar-refractivity contribution < 1.29 is 4.74 Å². The number of halogens is 1. The second-order valence-electron chi connectivity index (χ2n) is 6.14. The molecule has 3 heteroatoms. The fourth-order valence-electron chi connectivity index (χ4n) is 2.96. The second-order valence-corrected chi connectivity index (χ2v) is 6.55. The molecule has 3 unspecified atom stereocenters. The first-order valence-electron chi connectivity index (χ1n) is 7.67. The van der Waals surface area contributed by atoms with Gasteiger partial charge in [-0.25, -0.2) is 0 Å². The van der Waals surface area contributed by atoms with Gasteiger partial charge in [0.15, 0.2) is 0 Å². The molecular weight excluding hydrogens is 270 g/mol. The molecule has 0 aliphatic heterocycles. The van der Waals surface area contributed by atoms with Gasteiger partial charge in [0.2, 0.25) is 0 Å². The van der Waals surface area contributed by atoms with E-state index in [4.69, 9.17) is 16.3 Å². The summed E-state index contributed by atoms with van der Waals surface area (Å²) >= 11 is 6.27. The SMILES string of the molecule is CCCNC1CC(Oc2ccc(C)cc2Cl)C1(C)CC. The van der Waals surface area contributed by atoms with E-state index in [1.165, 1.54) is 6.42 Å². The molecule has 0 aromatic heterocycles. The summed E-state index contributed by atoms with van der Waals surface area (Å²) in [5, 5.41) is 4.35. The van der Waals surface area contributed by atoms with E-state index in [2.05, 4.69) is 32.2 Å². The quantitative estimate of drug-likeness (QED) is 0.829. The third kappa shape index (κ3) is 2.96. The number of hydrogen-bond acceptors (Lipinski definition) is 2. The Morgan fingerprint density at radius 3 is 2.75 bits per heavy atom. The van der Waals surface area contributed by atoms with Gasteiger partial charge in [0.1, 0.15) is 11.9 Å². The predicted octanol–water partition coefficient (Wildman–Crippen LogP) is 4.58. The summed E-state index contributed by atoms with van der Waals surface area (Å²) in [7, 11) is 0. The molecule has 1 aliphatic rings. The average Bonchev–Trinajstić information content (AvgIpc) is 2.43. The minimum atomic E-state index is 0.198. The minimum absolute atomic E-state index is 0.198. The van der Waals surface area contributed by atoms with Crippen molar-refractivity contribution in [3.63, 3.8) is 0 Å². The highest BCUT2D eigenvalue weighted by Crippen LogP contribution is 2.46. The standard InChI is InChI=1S/C17H26ClNO/c1-5-9-19-15-11-16(17(15,4)6-2)20-14-8-7-12(3)10-13(14)18/h7-8,10,15-16,19H,5-6,9,11H2,1-4H3. The highest BCUT2D eigenvalue weighted by atomic mass is 35.5. The smallest absolute Gasteiger partial charge is 0.138 e. The molecule has 1 aromatic carbocycles. The van der Waals surface area contributed by atoms with Gasteiger partial charge in [-0.05, 0) is 44.0 Å². The number of aryl methyl sites for hydroxylation is 1. The van der Waals surface area contributed by atoms with Gasteiger partial charge in [-0.3, -0.25) is 0 Å². The molecule has 1 N–H and O–H groups in total. The van der Waals surface area contributed by atoms with Gasteiger partial charge in [-0.2, -0.15) is 0 Å². The van der Waals surface area contributed by atoms with Crippen molar-refractivity contribution in [3.8, 4) is 5.75 Å². The van der Waals surface area contributed by atoms with E-state index >= 15 is 0 Å². The summed E-state index contributed by atoms with van der Waals surface area (Å²) in [5.74, 6) is 0.816. The monoisotopic (exact) mass is 295 g/mol. The number of benzene rings is 1. The van der Waals surface area contributed by atoms with Crippen molar-refractivity contribution in [1.29, 1.82) is 0 Å². The molecule has 1 aliphatic carbocycles. The van der Waals surface area contributed by atoms with Crippen LogP contribution in [0.15, 0.2) is 18.2 Å². The van der Waals surface area contributed by atoms with Crippen LogP contribution in [0.3, 0.4) is 0 Å². The first-order chi connectivity index (χ1) is 9.51. The zero-order valence-electron chi connectivity index (χ0n) is 13.0. The molecular formula is C17H26ClNO. The Kier molecular flexibility index (Phi) is 4.98. The van der Waals surface area contributed by atoms with E-state index in [9.17, 15) is 0 Å². The molecule has 0 saturated heterocycles. The lowest BCUT2D eigenvalue weighted by Gasteiger charge is -2.53. The topological polar surface area (TPSA) is 21.3 Å². The normalized spacial score (nSPS) is 29.1. The van der Waals surface area contributed by atoms with Crippen LogP contribution in [0.2, 0.25) is 5.02 Å². The predicted molar refractivity (Wildman–Crippen MR) is 85.7 cm³/mol. The summed E-state index contributed by atoms with van der Waals surface area (Å²) in [4.78, 5) is 0. The Morgan fingerprint density at radius 1 is 1.40 bits per heavy atom. The maximum Gasteiger partial charge on any atom is 0.138 e. The number of ether oxygens (including phenoxy) is 1. The first-order valence-corrected chi connectivity index (χ1v) is 8.05. The van der Waals surface area contributed by atoms with Crippen LogP contribution in [0.5, 0.6) is 5.75 Å². The van der Waals surface area contributed by atoms with E-state index in [1.54, 1.807) is 0 Å². The van der Waals surface area contributed by atoms with Gasteiger partial charge in [-0.15, -0.1) is 0 Å². The maximum atomic E-state index is 6.27. The van der Waals surface area contributed by atoms with Crippen molar-refractivity contribution >= 4 is 11.6 Å². The Hall–Kier alpha value is -0.730. The summed E-state index contributed by atoms with van der Waals surface area (Å²) in [6.07, 6.45) is 3.60. The summed E-state index contributed by atoms with van der Waals surface area (Å²) in [5.41, 5.74) is 1.36. The highest BCUT2D eigenvalue weighted by Gasteiger charge is 2.51. The molecule has 2 rings (SSSR count). The second kappa shape index (κ2) is 6.36. The van der Waals surface area contributed by atoms with E-state index in [-0.39, 0.29) is 11.5 Å². The molecule has 0 spiro atoms. The van der Waals surface area contributed by atoms with Gasteiger partial charge in [-0.1, -0.05) is 38.4 Å². The van der Waals surface area contributed by atoms with Gasteiger partial charge < -0.3 is 10.1 Å². The fraction of sp³-hybridized carbons (Fsp3) is 0.647. The lowest BCUT2D eigenvalue weighted by Crippen LogP contribution is -2.63. The van der Waals surface area contributed by atoms with Crippen molar-refractivity contribution in [3.05, 3.63) is 28.8 Å². The molecule has 0 amide bonds. The van der Waals surface area contributed by atoms with Crippen LogP contribution in [0.25, 0.3) is 0 Å². The molecule has 1 saturated carbocycles. The van der Waals surface area contributed by atoms with E-state index < -0.39 is 0 Å². The molecule has 20 heavy (non-hydrogen) atoms. The van der Waals surface area contributed by atoms with Gasteiger partial charge in [0.25, 0.3) is 0 Å². The average molecular weight is 296 g/mol. The molecule has 0 radical (unpaired) electrons. The third-order valence-corrected chi connectivity index (χ3v) is 5.04. The number of nitrogens with one attached hydrogen (secondary N) is 1. The molecule has 0 heterocycles. The first kappa shape index (κ1) is 15.7. The Labute approximate surface area is 127 Å². The van der Waals surface area contributed by atoms with Gasteiger partial charge in [0.05, 0.1) is 5.02 Å². The Balaban J connectivity index is 2.03. The molecule has 1 fully saturated rings. The van der Waals surface area contributed by atoms with Crippen molar-refractivity contribution in [1.82, 2.24) is 5.32 Å². The van der Waals surface area contributed by atoms with Gasteiger partial charge >= 0.3 is 0 Å². The summed E-state index contributed by atoms with van der Waals surface area (Å²) in [6.45, 7) is 9.89. The largest absolute Gasteiger partial charge is 0.488 e. The lowest BCUT2D eigenvalue weighted by atomic mass is 9.61. The third-order valence-electron chi connectivity index (χ3n) is 4.74. The summed E-state index contributed by atoms with van der Waals surface area (Å²) < 4.78 is 6.18. The van der Waals surface area contributed by atoms with Crippen molar-refractivity contribution in [2.75, 3.05) is 6.54 Å². The van der Waals surface area contributed by atoms with Crippen molar-refractivity contribution in [2.45, 2.75) is 59.1 Å². The molecule has 112 valence electrons. The number of hydrogen-bond donors (Lipinski definition) is 1. The Morgan fingerprint density at radius 2 is 2.15 bits per heavy atom. The minimum Gasteiger partial charge on any atom is -0.488 e. The Bertz CT molecular complexity index is 462. The molecule has 0 bridgehead atoms. The maximum absolute atomic E-state index is 6.27. The van der Waals surface area contributed by atoms with Crippen LogP contribution in [0, 0.1) is 12.3 Å². The van der Waals surface area contributed by atoms with Crippen molar-refractivity contribution in [2.24, 2.45) is 5.41 Å². The van der Waals surface area contributed by atoms with E-state index in [0.717, 1.165) is 30.7 Å². The van der Waals surface area contributed by atoms with Crippen LogP contribution in [0.4, 0.5) is 0 Å². The van der Waals surface area contributed by atoms with Crippen LogP contribution in [0.1, 0.15) is 45.6 Å². The molecule has 2 nitrogen and oxygen atoms in total. The fourth-order valence-corrected chi connectivity index (χ4v) is 3.24. The van der Waals surface area contributed by atoms with E-state index in [0.29, 0.717) is 11.1 Å².